The van der Waals surface area contributed by atoms with Crippen molar-refractivity contribution in [1.82, 2.24) is 0 Å². The number of hydrogen-bond acceptors (Lipinski definition) is 3. The zero-order valence-corrected chi connectivity index (χ0v) is 7.53. The monoisotopic (exact) mass is 227 g/mol. The molecular formula is C6H7F2NO4S. The van der Waals surface area contributed by atoms with E-state index in [1.165, 1.54) is 12.1 Å². The molecule has 0 aromatic heterocycles. The molecular weight excluding hydrogens is 220 g/mol. The fourth-order valence-corrected chi connectivity index (χ4v) is 0.541. The summed E-state index contributed by atoms with van der Waals surface area (Å²) in [7, 11) is -4.67. The topological polar surface area (TPSA) is 77.8 Å². The van der Waals surface area contributed by atoms with Gasteiger partial charge in [-0.05, 0) is 17.5 Å². The summed E-state index contributed by atoms with van der Waals surface area (Å²) in [5.74, 6) is 0. The molecule has 2 N–H and O–H groups in total. The van der Waals surface area contributed by atoms with E-state index in [-0.39, 0.29) is 5.69 Å². The van der Waals surface area contributed by atoms with Crippen molar-refractivity contribution in [3.05, 3.63) is 30.3 Å². The van der Waals surface area contributed by atoms with Crippen molar-refractivity contribution in [1.29, 1.82) is 0 Å². The van der Waals surface area contributed by atoms with E-state index in [1.54, 1.807) is 18.2 Å². The Morgan fingerprint density at radius 1 is 1.07 bits per heavy atom. The van der Waals surface area contributed by atoms with Crippen LogP contribution in [-0.4, -0.2) is 17.5 Å². The molecule has 0 radical (unpaired) electrons. The standard InChI is InChI=1S/C6H5F2N.H2O4S/c7-9(8)6-4-2-1-3-5-6;1-5(2,3)4/h1-5H;(H2,1,2,3,4). The van der Waals surface area contributed by atoms with E-state index in [0.717, 1.165) is 0 Å². The molecule has 0 aliphatic rings. The lowest BCUT2D eigenvalue weighted by Crippen LogP contribution is -1.93. The third kappa shape index (κ3) is 8.84. The Balaban J connectivity index is 0.000000292. The molecule has 0 atom stereocenters. The van der Waals surface area contributed by atoms with Crippen molar-refractivity contribution < 1.29 is 26.5 Å². The zero-order chi connectivity index (χ0) is 11.2. The first kappa shape index (κ1) is 12.8. The van der Waals surface area contributed by atoms with Gasteiger partial charge in [-0.25, -0.2) is 0 Å². The predicted octanol–water partition coefficient (Wildman–Crippen LogP) is 1.61. The van der Waals surface area contributed by atoms with Crippen LogP contribution in [0.25, 0.3) is 0 Å². The highest BCUT2D eigenvalue weighted by atomic mass is 32.3. The van der Waals surface area contributed by atoms with E-state index < -0.39 is 15.7 Å². The molecule has 14 heavy (non-hydrogen) atoms. The van der Waals surface area contributed by atoms with Gasteiger partial charge in [-0.15, -0.1) is 0 Å². The van der Waals surface area contributed by atoms with Crippen LogP contribution in [-0.2, 0) is 10.4 Å². The Kier molecular flexibility index (Phi) is 4.99. The average Bonchev–Trinajstić information content (AvgIpc) is 2.03. The largest absolute Gasteiger partial charge is 0.394 e. The van der Waals surface area contributed by atoms with Crippen LogP contribution in [0.4, 0.5) is 14.6 Å². The third-order valence-electron chi connectivity index (χ3n) is 0.951. The molecule has 0 aliphatic carbocycles. The number of benzene rings is 1. The first-order valence-corrected chi connectivity index (χ1v) is 4.57. The van der Waals surface area contributed by atoms with Crippen LogP contribution in [0.15, 0.2) is 30.3 Å². The minimum atomic E-state index is -4.67. The van der Waals surface area contributed by atoms with Crippen LogP contribution in [0.2, 0.25) is 0 Å². The number of halogens is 2. The van der Waals surface area contributed by atoms with Gasteiger partial charge in [0.05, 0.1) is 0 Å². The van der Waals surface area contributed by atoms with Gasteiger partial charge in [0.25, 0.3) is 0 Å². The molecule has 0 saturated heterocycles. The van der Waals surface area contributed by atoms with Gasteiger partial charge in [0.2, 0.25) is 0 Å². The van der Waals surface area contributed by atoms with Crippen molar-refractivity contribution in [2.24, 2.45) is 0 Å². The Morgan fingerprint density at radius 2 is 1.43 bits per heavy atom. The fourth-order valence-electron chi connectivity index (χ4n) is 0.541. The predicted molar refractivity (Wildman–Crippen MR) is 45.3 cm³/mol. The summed E-state index contributed by atoms with van der Waals surface area (Å²) in [6, 6.07) is 7.47. The smallest absolute Gasteiger partial charge is 0.264 e. The molecule has 0 saturated carbocycles. The Morgan fingerprint density at radius 3 is 1.64 bits per heavy atom. The first-order chi connectivity index (χ1) is 6.30. The molecule has 80 valence electrons. The molecule has 8 heteroatoms. The lowest BCUT2D eigenvalue weighted by Gasteiger charge is -1.97. The highest BCUT2D eigenvalue weighted by Gasteiger charge is 1.97. The van der Waals surface area contributed by atoms with Crippen molar-refractivity contribution in [3.63, 3.8) is 0 Å². The van der Waals surface area contributed by atoms with Gasteiger partial charge in [-0.3, -0.25) is 9.11 Å². The molecule has 0 unspecified atom stereocenters. The summed E-state index contributed by atoms with van der Waals surface area (Å²) >= 11 is 0. The van der Waals surface area contributed by atoms with Crippen molar-refractivity contribution in [2.75, 3.05) is 5.34 Å². The fraction of sp³-hybridized carbons (Fsp3) is 0. The maximum atomic E-state index is 11.6. The van der Waals surface area contributed by atoms with Gasteiger partial charge < -0.3 is 0 Å². The summed E-state index contributed by atoms with van der Waals surface area (Å²) in [4.78, 5) is 0. The molecule has 0 amide bonds. The second-order valence-corrected chi connectivity index (χ2v) is 2.91. The summed E-state index contributed by atoms with van der Waals surface area (Å²) in [6.45, 7) is 0. The first-order valence-electron chi connectivity index (χ1n) is 3.17. The second kappa shape index (κ2) is 5.47. The molecule has 0 bridgehead atoms. The van der Waals surface area contributed by atoms with Crippen LogP contribution < -0.4 is 5.34 Å². The summed E-state index contributed by atoms with van der Waals surface area (Å²) < 4.78 is 54.8. The summed E-state index contributed by atoms with van der Waals surface area (Å²) in [5, 5.41) is -0.917. The molecule has 1 aromatic rings. The van der Waals surface area contributed by atoms with Crippen LogP contribution in [0.1, 0.15) is 0 Å². The number of anilines is 1. The van der Waals surface area contributed by atoms with Gasteiger partial charge in [0, 0.05) is 0 Å². The lowest BCUT2D eigenvalue weighted by molar-refractivity contribution is 0.235. The summed E-state index contributed by atoms with van der Waals surface area (Å²) in [5.41, 5.74) is -0.0856. The lowest BCUT2D eigenvalue weighted by atomic mass is 10.3. The number of rotatable bonds is 1. The van der Waals surface area contributed by atoms with E-state index >= 15 is 0 Å². The van der Waals surface area contributed by atoms with E-state index in [0.29, 0.717) is 0 Å². The maximum Gasteiger partial charge on any atom is 0.394 e. The highest BCUT2D eigenvalue weighted by Crippen LogP contribution is 2.12. The zero-order valence-electron chi connectivity index (χ0n) is 6.71. The molecule has 0 heterocycles. The Hall–Kier alpha value is -1.25. The molecule has 1 rings (SSSR count). The number of nitrogens with zero attached hydrogens (tertiary/aromatic N) is 1. The van der Waals surface area contributed by atoms with Gasteiger partial charge in [-0.1, -0.05) is 27.2 Å². The van der Waals surface area contributed by atoms with Gasteiger partial charge >= 0.3 is 10.4 Å². The van der Waals surface area contributed by atoms with E-state index in [1.807, 2.05) is 0 Å². The molecule has 1 aromatic carbocycles. The van der Waals surface area contributed by atoms with Crippen molar-refractivity contribution in [3.8, 4) is 0 Å². The Labute approximate surface area is 79.0 Å². The second-order valence-electron chi connectivity index (χ2n) is 2.02. The van der Waals surface area contributed by atoms with Crippen molar-refractivity contribution in [2.45, 2.75) is 0 Å². The van der Waals surface area contributed by atoms with Gasteiger partial charge in [0.15, 0.2) is 0 Å². The Bertz CT molecular complexity index is 345. The SMILES string of the molecule is FN(F)c1ccccc1.O=S(=O)(O)O. The van der Waals surface area contributed by atoms with E-state index in [4.69, 9.17) is 17.5 Å². The van der Waals surface area contributed by atoms with Gasteiger partial charge in [-0.2, -0.15) is 8.42 Å². The normalized spacial score (nSPS) is 10.0. The van der Waals surface area contributed by atoms with Crippen molar-refractivity contribution >= 4 is 16.1 Å². The van der Waals surface area contributed by atoms with E-state index in [9.17, 15) is 8.96 Å². The summed E-state index contributed by atoms with van der Waals surface area (Å²) in [6.07, 6.45) is 0. The quantitative estimate of drug-likeness (QED) is 0.563. The van der Waals surface area contributed by atoms with E-state index in [2.05, 4.69) is 0 Å². The van der Waals surface area contributed by atoms with Crippen LogP contribution in [0.3, 0.4) is 0 Å². The molecule has 0 spiro atoms. The van der Waals surface area contributed by atoms with Crippen LogP contribution >= 0.6 is 0 Å². The number of hydrogen-bond donors (Lipinski definition) is 2. The van der Waals surface area contributed by atoms with Gasteiger partial charge in [0.1, 0.15) is 5.69 Å². The molecule has 0 fully saturated rings. The molecule has 0 aliphatic heterocycles. The number of para-hydroxylation sites is 1. The highest BCUT2D eigenvalue weighted by molar-refractivity contribution is 7.79. The third-order valence-corrected chi connectivity index (χ3v) is 0.951. The minimum Gasteiger partial charge on any atom is -0.264 e. The minimum absolute atomic E-state index is 0.0856. The molecule has 5 nitrogen and oxygen atoms in total. The van der Waals surface area contributed by atoms with Crippen LogP contribution in [0.5, 0.6) is 0 Å². The van der Waals surface area contributed by atoms with Crippen LogP contribution in [0, 0.1) is 0 Å². The average molecular weight is 227 g/mol. The maximum absolute atomic E-state index is 11.6.